The molecule has 2 aromatic heterocycles. The summed E-state index contributed by atoms with van der Waals surface area (Å²) in [5.41, 5.74) is 8.56. The second-order valence-electron chi connectivity index (χ2n) is 11.6. The lowest BCUT2D eigenvalue weighted by Gasteiger charge is -2.22. The fraction of sp³-hybridized carbons (Fsp3) is 0.419. The molecule has 0 radical (unpaired) electrons. The number of fused-ring (bicyclic) bond motifs is 5. The molecule has 2 bridgehead atoms. The van der Waals surface area contributed by atoms with E-state index in [0.29, 0.717) is 23.4 Å². The minimum absolute atomic E-state index is 0.175. The lowest BCUT2D eigenvalue weighted by Crippen LogP contribution is -2.14. The number of rotatable bonds is 5. The van der Waals surface area contributed by atoms with E-state index < -0.39 is 0 Å². The van der Waals surface area contributed by atoms with Gasteiger partial charge in [-0.25, -0.2) is 14.4 Å². The molecule has 2 saturated heterocycles. The molecule has 1 saturated carbocycles. The number of aromatic nitrogens is 4. The summed E-state index contributed by atoms with van der Waals surface area (Å²) in [5.74, 6) is 2.86. The molecule has 8 rings (SSSR count). The number of imidazole rings is 2. The largest absolute Gasteiger partial charge is 0.341 e. The van der Waals surface area contributed by atoms with Gasteiger partial charge in [0, 0.05) is 16.7 Å². The first-order valence-corrected chi connectivity index (χ1v) is 14.3. The second kappa shape index (κ2) is 8.89. The predicted octanol–water partition coefficient (Wildman–Crippen LogP) is 6.49. The maximum atomic E-state index is 15.8. The van der Waals surface area contributed by atoms with Crippen LogP contribution in [-0.2, 0) is 0 Å². The lowest BCUT2D eigenvalue weighted by molar-refractivity contribution is 0.613. The van der Waals surface area contributed by atoms with Gasteiger partial charge in [-0.15, -0.1) is 0 Å². The van der Waals surface area contributed by atoms with Crippen LogP contribution in [0.25, 0.3) is 33.6 Å². The third-order valence-electron chi connectivity index (χ3n) is 9.37. The van der Waals surface area contributed by atoms with Crippen molar-refractivity contribution in [3.05, 3.63) is 71.3 Å². The molecule has 3 fully saturated rings. The Morgan fingerprint density at radius 2 is 1.29 bits per heavy atom. The number of nitrogens with one attached hydrogen (secondary N) is 4. The molecule has 6 nitrogen and oxygen atoms in total. The highest BCUT2D eigenvalue weighted by Crippen LogP contribution is 2.58. The molecule has 2 aliphatic carbocycles. The zero-order chi connectivity index (χ0) is 25.2. The maximum Gasteiger partial charge on any atom is 0.131 e. The van der Waals surface area contributed by atoms with Crippen LogP contribution >= 0.6 is 0 Å². The summed E-state index contributed by atoms with van der Waals surface area (Å²) >= 11 is 0. The maximum absolute atomic E-state index is 15.8. The summed E-state index contributed by atoms with van der Waals surface area (Å²) in [6.45, 7) is 2.08. The Balaban J connectivity index is 1.15. The van der Waals surface area contributed by atoms with Crippen molar-refractivity contribution in [3.63, 3.8) is 0 Å². The summed E-state index contributed by atoms with van der Waals surface area (Å²) in [6, 6.07) is 10.6. The normalized spacial score (nSPS) is 25.9. The first kappa shape index (κ1) is 22.7. The van der Waals surface area contributed by atoms with Crippen LogP contribution in [0, 0.1) is 5.82 Å². The first-order chi connectivity index (χ1) is 18.7. The summed E-state index contributed by atoms with van der Waals surface area (Å²) in [5, 5.41) is 7.01. The van der Waals surface area contributed by atoms with Crippen LogP contribution in [0.4, 0.5) is 4.39 Å². The van der Waals surface area contributed by atoms with Gasteiger partial charge in [0.2, 0.25) is 0 Å². The molecule has 4 aromatic rings. The van der Waals surface area contributed by atoms with Crippen molar-refractivity contribution < 1.29 is 4.39 Å². The summed E-state index contributed by atoms with van der Waals surface area (Å²) < 4.78 is 15.8. The molecule has 4 aliphatic rings. The molecule has 2 aliphatic heterocycles. The summed E-state index contributed by atoms with van der Waals surface area (Å²) in [6.07, 6.45) is 12.0. The Morgan fingerprint density at radius 1 is 0.684 bits per heavy atom. The number of halogens is 1. The molecule has 2 aromatic carbocycles. The van der Waals surface area contributed by atoms with Gasteiger partial charge in [-0.05, 0) is 92.6 Å². The molecule has 7 heteroatoms. The van der Waals surface area contributed by atoms with Crippen molar-refractivity contribution >= 4 is 0 Å². The topological polar surface area (TPSA) is 81.4 Å². The highest BCUT2D eigenvalue weighted by molar-refractivity contribution is 5.80. The Kier molecular flexibility index (Phi) is 5.30. The SMILES string of the molecule is Fc1cc(-c2cnc(C3CCCN3)[nH]2)ccc1-c1ccc(-c2cnc(C3CCCN3)[nH]2)c2c1C1CCC2C1. The average Bonchev–Trinajstić information content (AvgIpc) is 3.78. The number of hydrogen-bond acceptors (Lipinski definition) is 4. The van der Waals surface area contributed by atoms with Crippen LogP contribution in [0.1, 0.15) is 91.6 Å². The van der Waals surface area contributed by atoms with Gasteiger partial charge in [-0.3, -0.25) is 0 Å². The third kappa shape index (κ3) is 3.59. The van der Waals surface area contributed by atoms with Crippen LogP contribution in [0.2, 0.25) is 0 Å². The highest BCUT2D eigenvalue weighted by Gasteiger charge is 2.41. The summed E-state index contributed by atoms with van der Waals surface area (Å²) in [4.78, 5) is 16.3. The van der Waals surface area contributed by atoms with Crippen LogP contribution < -0.4 is 10.6 Å². The van der Waals surface area contributed by atoms with Gasteiger partial charge >= 0.3 is 0 Å². The Hall–Kier alpha value is -3.29. The molecule has 194 valence electrons. The molecule has 4 atom stereocenters. The zero-order valence-electron chi connectivity index (χ0n) is 21.5. The lowest BCUT2D eigenvalue weighted by atomic mass is 9.82. The van der Waals surface area contributed by atoms with Crippen molar-refractivity contribution in [1.29, 1.82) is 0 Å². The van der Waals surface area contributed by atoms with E-state index in [1.54, 1.807) is 6.07 Å². The number of hydrogen-bond donors (Lipinski definition) is 4. The second-order valence-corrected chi connectivity index (χ2v) is 11.6. The number of aromatic amines is 2. The van der Waals surface area contributed by atoms with E-state index in [9.17, 15) is 0 Å². The minimum atomic E-state index is -0.175. The van der Waals surface area contributed by atoms with E-state index in [4.69, 9.17) is 4.98 Å². The Labute approximate surface area is 221 Å². The van der Waals surface area contributed by atoms with Gasteiger partial charge in [0.05, 0.1) is 35.9 Å². The van der Waals surface area contributed by atoms with Crippen molar-refractivity contribution in [3.8, 4) is 33.6 Å². The Bertz CT molecular complexity index is 1510. The van der Waals surface area contributed by atoms with Crippen molar-refractivity contribution in [2.45, 2.75) is 68.9 Å². The van der Waals surface area contributed by atoms with Crippen molar-refractivity contribution in [1.82, 2.24) is 30.6 Å². The molecule has 4 N–H and O–H groups in total. The fourth-order valence-corrected chi connectivity index (χ4v) is 7.54. The number of nitrogens with zero attached hydrogens (tertiary/aromatic N) is 2. The van der Waals surface area contributed by atoms with Crippen LogP contribution in [-0.4, -0.2) is 33.0 Å². The molecule has 4 unspecified atom stereocenters. The predicted molar refractivity (Wildman–Crippen MR) is 146 cm³/mol. The van der Waals surface area contributed by atoms with Gasteiger partial charge in [0.1, 0.15) is 17.5 Å². The number of H-pyrrole nitrogens is 2. The Morgan fingerprint density at radius 3 is 1.95 bits per heavy atom. The fourth-order valence-electron chi connectivity index (χ4n) is 7.54. The molecule has 0 amide bonds. The molecule has 38 heavy (non-hydrogen) atoms. The standard InChI is InChI=1S/C31H33FN6/c32-23-14-17(26-15-35-30(37-26)24-3-1-11-33-24)7-8-20(23)21-9-10-22(29-19-6-5-18(13-19)28(21)29)27-16-36-31(38-27)25-4-2-12-34-25/h7-10,14-16,18-19,24-25,33-34H,1-6,11-13H2,(H,35,37)(H,36,38). The average molecular weight is 509 g/mol. The van der Waals surface area contributed by atoms with Crippen LogP contribution in [0.3, 0.4) is 0 Å². The molecular weight excluding hydrogens is 475 g/mol. The smallest absolute Gasteiger partial charge is 0.131 e. The minimum Gasteiger partial charge on any atom is -0.341 e. The van der Waals surface area contributed by atoms with E-state index in [0.717, 1.165) is 66.5 Å². The monoisotopic (exact) mass is 508 g/mol. The van der Waals surface area contributed by atoms with E-state index in [1.165, 1.54) is 42.4 Å². The van der Waals surface area contributed by atoms with Crippen LogP contribution in [0.5, 0.6) is 0 Å². The molecule has 4 heterocycles. The van der Waals surface area contributed by atoms with Gasteiger partial charge in [0.15, 0.2) is 0 Å². The van der Waals surface area contributed by atoms with Crippen molar-refractivity contribution in [2.24, 2.45) is 0 Å². The van der Waals surface area contributed by atoms with E-state index >= 15 is 4.39 Å². The van der Waals surface area contributed by atoms with Gasteiger partial charge in [0.25, 0.3) is 0 Å². The van der Waals surface area contributed by atoms with Crippen molar-refractivity contribution in [2.75, 3.05) is 13.1 Å². The van der Waals surface area contributed by atoms with Gasteiger partial charge in [-0.1, -0.05) is 24.3 Å². The van der Waals surface area contributed by atoms with E-state index in [-0.39, 0.29) is 11.9 Å². The highest BCUT2D eigenvalue weighted by atomic mass is 19.1. The van der Waals surface area contributed by atoms with Gasteiger partial charge < -0.3 is 20.6 Å². The number of benzene rings is 2. The summed E-state index contributed by atoms with van der Waals surface area (Å²) in [7, 11) is 0. The molecule has 0 spiro atoms. The quantitative estimate of drug-likeness (QED) is 0.249. The van der Waals surface area contributed by atoms with Crippen LogP contribution in [0.15, 0.2) is 42.7 Å². The molecular formula is C31H33FN6. The van der Waals surface area contributed by atoms with Gasteiger partial charge in [-0.2, -0.15) is 0 Å². The van der Waals surface area contributed by atoms with E-state index in [2.05, 4.69) is 37.7 Å². The first-order valence-electron chi connectivity index (χ1n) is 14.3. The third-order valence-corrected chi connectivity index (χ3v) is 9.37. The van der Waals surface area contributed by atoms with E-state index in [1.807, 2.05) is 24.5 Å². The zero-order valence-corrected chi connectivity index (χ0v) is 21.5.